The van der Waals surface area contributed by atoms with Crippen molar-refractivity contribution in [2.75, 3.05) is 26.7 Å². The van der Waals surface area contributed by atoms with Crippen molar-refractivity contribution in [2.45, 2.75) is 6.42 Å². The van der Waals surface area contributed by atoms with Gasteiger partial charge in [-0.1, -0.05) is 24.3 Å². The fourth-order valence-electron chi connectivity index (χ4n) is 2.84. The zero-order valence-corrected chi connectivity index (χ0v) is 11.3. The maximum atomic E-state index is 9.45. The maximum absolute atomic E-state index is 9.45. The predicted octanol–water partition coefficient (Wildman–Crippen LogP) is 2.28. The Balaban J connectivity index is 2.10. The number of nitrogens with zero attached hydrogens (tertiary/aromatic N) is 1. The Morgan fingerprint density at radius 2 is 2.32 bits per heavy atom. The number of benzene rings is 1. The van der Waals surface area contributed by atoms with Crippen LogP contribution in [-0.2, 0) is 6.42 Å². The lowest BCUT2D eigenvalue weighted by atomic mass is 10.00. The third-order valence-electron chi connectivity index (χ3n) is 3.91. The molecule has 0 amide bonds. The number of aromatic amines is 1. The Hall–Kier alpha value is -1.58. The summed E-state index contributed by atoms with van der Waals surface area (Å²) in [5.41, 5.74) is 3.82. The zero-order valence-electron chi connectivity index (χ0n) is 11.3. The minimum absolute atomic E-state index is 0.205. The first-order valence-electron chi connectivity index (χ1n) is 6.84. The zero-order chi connectivity index (χ0) is 13.2. The van der Waals surface area contributed by atoms with Gasteiger partial charge in [0.1, 0.15) is 0 Å². The van der Waals surface area contributed by atoms with E-state index in [1.54, 1.807) is 0 Å². The monoisotopic (exact) mass is 256 g/mol. The number of hydrogen-bond donors (Lipinski definition) is 2. The molecule has 1 aliphatic heterocycles. The molecule has 2 heterocycles. The lowest BCUT2D eigenvalue weighted by Crippen LogP contribution is -2.28. The van der Waals surface area contributed by atoms with Crippen molar-refractivity contribution < 1.29 is 5.11 Å². The molecule has 3 heteroatoms. The highest BCUT2D eigenvalue weighted by Gasteiger charge is 2.13. The number of H-pyrrole nitrogens is 1. The van der Waals surface area contributed by atoms with Crippen molar-refractivity contribution in [3.8, 4) is 0 Å². The van der Waals surface area contributed by atoms with Gasteiger partial charge in [-0.15, -0.1) is 0 Å². The second-order valence-electron chi connectivity index (χ2n) is 5.40. The van der Waals surface area contributed by atoms with Crippen molar-refractivity contribution in [1.29, 1.82) is 0 Å². The summed E-state index contributed by atoms with van der Waals surface area (Å²) in [6.45, 7) is 2.13. The molecule has 3 rings (SSSR count). The third-order valence-corrected chi connectivity index (χ3v) is 3.91. The summed E-state index contributed by atoms with van der Waals surface area (Å²) in [6, 6.07) is 6.35. The van der Waals surface area contributed by atoms with Gasteiger partial charge >= 0.3 is 0 Å². The van der Waals surface area contributed by atoms with Gasteiger partial charge in [-0.05, 0) is 30.7 Å². The fraction of sp³-hybridized carbons (Fsp3) is 0.375. The van der Waals surface area contributed by atoms with Crippen molar-refractivity contribution in [3.05, 3.63) is 41.6 Å². The summed E-state index contributed by atoms with van der Waals surface area (Å²) in [7, 11) is 2.12. The van der Waals surface area contributed by atoms with Crippen LogP contribution >= 0.6 is 0 Å². The third kappa shape index (κ3) is 2.44. The van der Waals surface area contributed by atoms with Crippen LogP contribution in [0, 0.1) is 5.92 Å². The van der Waals surface area contributed by atoms with E-state index in [0.29, 0.717) is 0 Å². The van der Waals surface area contributed by atoms with Crippen LogP contribution < -0.4 is 0 Å². The highest BCUT2D eigenvalue weighted by Crippen LogP contribution is 2.25. The minimum Gasteiger partial charge on any atom is -0.396 e. The molecule has 0 saturated heterocycles. The quantitative estimate of drug-likeness (QED) is 0.821. The summed E-state index contributed by atoms with van der Waals surface area (Å²) < 4.78 is 0. The molecular weight excluding hydrogens is 236 g/mol. The van der Waals surface area contributed by atoms with Crippen LogP contribution in [0.5, 0.6) is 0 Å². The predicted molar refractivity (Wildman–Crippen MR) is 79.1 cm³/mol. The van der Waals surface area contributed by atoms with Crippen LogP contribution in [0.4, 0.5) is 0 Å². The Morgan fingerprint density at radius 3 is 3.16 bits per heavy atom. The molecule has 19 heavy (non-hydrogen) atoms. The summed E-state index contributed by atoms with van der Waals surface area (Å²) in [4.78, 5) is 5.64. The van der Waals surface area contributed by atoms with Crippen LogP contribution in [0.2, 0.25) is 0 Å². The normalized spacial score (nSPS) is 22.5. The Kier molecular flexibility index (Phi) is 3.40. The van der Waals surface area contributed by atoms with E-state index in [1.165, 1.54) is 22.0 Å². The van der Waals surface area contributed by atoms with E-state index in [0.717, 1.165) is 19.5 Å². The van der Waals surface area contributed by atoms with Crippen LogP contribution in [-0.4, -0.2) is 41.7 Å². The van der Waals surface area contributed by atoms with Gasteiger partial charge < -0.3 is 15.0 Å². The Morgan fingerprint density at radius 1 is 1.42 bits per heavy atom. The summed E-state index contributed by atoms with van der Waals surface area (Å²) in [6.07, 6.45) is 7.45. The summed E-state index contributed by atoms with van der Waals surface area (Å²) >= 11 is 0. The van der Waals surface area contributed by atoms with E-state index in [-0.39, 0.29) is 12.5 Å². The highest BCUT2D eigenvalue weighted by atomic mass is 16.3. The molecule has 0 radical (unpaired) electrons. The molecular formula is C16H20N2O. The lowest BCUT2D eigenvalue weighted by molar-refractivity contribution is 0.208. The fourth-order valence-corrected chi connectivity index (χ4v) is 2.84. The second-order valence-corrected chi connectivity index (χ2v) is 5.40. The molecule has 0 aliphatic carbocycles. The van der Waals surface area contributed by atoms with Crippen molar-refractivity contribution in [3.63, 3.8) is 0 Å². The molecule has 1 aromatic carbocycles. The molecule has 2 aromatic rings. The van der Waals surface area contributed by atoms with Gasteiger partial charge in [-0.2, -0.15) is 0 Å². The molecule has 0 saturated carbocycles. The first-order valence-corrected chi connectivity index (χ1v) is 6.84. The summed E-state index contributed by atoms with van der Waals surface area (Å²) in [5.74, 6) is 0.209. The molecule has 3 nitrogen and oxygen atoms in total. The van der Waals surface area contributed by atoms with Gasteiger partial charge in [0.05, 0.1) is 6.61 Å². The van der Waals surface area contributed by atoms with Crippen molar-refractivity contribution in [2.24, 2.45) is 5.92 Å². The lowest BCUT2D eigenvalue weighted by Gasteiger charge is -2.21. The van der Waals surface area contributed by atoms with Crippen molar-refractivity contribution in [1.82, 2.24) is 9.88 Å². The number of aliphatic hydroxyl groups excluding tert-OH is 1. The number of aromatic nitrogens is 1. The number of hydrogen-bond acceptors (Lipinski definition) is 2. The first kappa shape index (κ1) is 12.5. The molecule has 2 N–H and O–H groups in total. The minimum atomic E-state index is 0.205. The number of rotatable bonds is 1. The average Bonchev–Trinajstić information content (AvgIpc) is 2.84. The molecule has 0 fully saturated rings. The van der Waals surface area contributed by atoms with Crippen LogP contribution in [0.3, 0.4) is 0 Å². The van der Waals surface area contributed by atoms with E-state index in [2.05, 4.69) is 53.5 Å². The van der Waals surface area contributed by atoms with Crippen LogP contribution in [0.1, 0.15) is 11.1 Å². The molecule has 1 unspecified atom stereocenters. The van der Waals surface area contributed by atoms with Crippen LogP contribution in [0.25, 0.3) is 17.0 Å². The standard InChI is InChI=1S/C16H20N2O/c1-18-8-7-14-9-17-15-4-2-3-13(16(14)15)6-5-12(10-18)11-19/h2-6,9,12,17,19H,7-8,10-11H2,1H3/b6-5+. The molecule has 0 spiro atoms. The highest BCUT2D eigenvalue weighted by molar-refractivity contribution is 5.91. The van der Waals surface area contributed by atoms with E-state index >= 15 is 0 Å². The molecule has 1 atom stereocenters. The van der Waals surface area contributed by atoms with E-state index in [9.17, 15) is 5.11 Å². The van der Waals surface area contributed by atoms with E-state index < -0.39 is 0 Å². The van der Waals surface area contributed by atoms with Gasteiger partial charge in [0.15, 0.2) is 0 Å². The Bertz CT molecular complexity index is 600. The molecule has 1 aromatic heterocycles. The molecule has 1 aliphatic rings. The number of aliphatic hydroxyl groups is 1. The largest absolute Gasteiger partial charge is 0.396 e. The number of nitrogens with one attached hydrogen (secondary N) is 1. The van der Waals surface area contributed by atoms with Gasteiger partial charge in [0, 0.05) is 36.1 Å². The van der Waals surface area contributed by atoms with Crippen molar-refractivity contribution >= 4 is 17.0 Å². The topological polar surface area (TPSA) is 39.3 Å². The maximum Gasteiger partial charge on any atom is 0.0506 e. The average molecular weight is 256 g/mol. The Labute approximate surface area is 113 Å². The van der Waals surface area contributed by atoms with Gasteiger partial charge in [0.25, 0.3) is 0 Å². The SMILES string of the molecule is CN1CCc2c[nH]c3cccc(c23)/C=C/C(CO)C1. The molecule has 0 bridgehead atoms. The van der Waals surface area contributed by atoms with E-state index in [1.807, 2.05) is 0 Å². The smallest absolute Gasteiger partial charge is 0.0506 e. The van der Waals surface area contributed by atoms with Crippen LogP contribution in [0.15, 0.2) is 30.5 Å². The van der Waals surface area contributed by atoms with Gasteiger partial charge in [-0.25, -0.2) is 0 Å². The van der Waals surface area contributed by atoms with Gasteiger partial charge in [-0.3, -0.25) is 0 Å². The second kappa shape index (κ2) is 5.19. The van der Waals surface area contributed by atoms with E-state index in [4.69, 9.17) is 0 Å². The number of likely N-dealkylation sites (N-methyl/N-ethyl adjacent to an activating group) is 1. The molecule has 100 valence electrons. The summed E-state index contributed by atoms with van der Waals surface area (Å²) in [5, 5.41) is 10.8. The van der Waals surface area contributed by atoms with Gasteiger partial charge in [0.2, 0.25) is 0 Å². The first-order chi connectivity index (χ1) is 9.28.